The Kier molecular flexibility index (Phi) is 3.50. The lowest BCUT2D eigenvalue weighted by Gasteiger charge is -2.00. The molecule has 1 aromatic carbocycles. The van der Waals surface area contributed by atoms with Gasteiger partial charge < -0.3 is 5.11 Å². The Balaban J connectivity index is 1.64. The fourth-order valence-corrected chi connectivity index (χ4v) is 2.37. The summed E-state index contributed by atoms with van der Waals surface area (Å²) in [5.74, 6) is 0.870. The number of hydrogen-bond acceptors (Lipinski definition) is 5. The van der Waals surface area contributed by atoms with Crippen molar-refractivity contribution in [2.24, 2.45) is 0 Å². The molecule has 0 saturated carbocycles. The zero-order valence-corrected chi connectivity index (χ0v) is 12.0. The zero-order valence-electron chi connectivity index (χ0n) is 12.0. The van der Waals surface area contributed by atoms with Crippen LogP contribution in [0.15, 0.2) is 24.3 Å². The maximum absolute atomic E-state index is 10.6. The quantitative estimate of drug-likeness (QED) is 0.554. The van der Waals surface area contributed by atoms with Crippen LogP contribution in [-0.2, 0) is 12.8 Å². The first kappa shape index (κ1) is 14.1. The van der Waals surface area contributed by atoms with Crippen LogP contribution in [0.5, 0.6) is 5.75 Å². The number of aryl methyl sites for hydroxylation is 3. The molecule has 2 heterocycles. The molecule has 0 fully saturated rings. The van der Waals surface area contributed by atoms with Crippen LogP contribution in [0.1, 0.15) is 23.5 Å². The molecule has 0 bridgehead atoms. The highest BCUT2D eigenvalue weighted by molar-refractivity contribution is 5.54. The summed E-state index contributed by atoms with van der Waals surface area (Å²) in [5, 5.41) is 31.5. The summed E-state index contributed by atoms with van der Waals surface area (Å²) >= 11 is 0. The molecule has 0 amide bonds. The van der Waals surface area contributed by atoms with Crippen molar-refractivity contribution < 1.29 is 10.0 Å². The molecule has 0 unspecified atom stereocenters. The summed E-state index contributed by atoms with van der Waals surface area (Å²) < 4.78 is 1.61. The van der Waals surface area contributed by atoms with Gasteiger partial charge in [-0.25, -0.2) is 0 Å². The molecule has 0 atom stereocenters. The van der Waals surface area contributed by atoms with Gasteiger partial charge >= 0.3 is 0 Å². The van der Waals surface area contributed by atoms with Gasteiger partial charge in [0.15, 0.2) is 17.2 Å². The second-order valence-corrected chi connectivity index (χ2v) is 5.11. The molecule has 3 rings (SSSR count). The summed E-state index contributed by atoms with van der Waals surface area (Å²) in [7, 11) is 0. The first-order valence-electron chi connectivity index (χ1n) is 6.91. The second kappa shape index (κ2) is 5.47. The van der Waals surface area contributed by atoms with Crippen molar-refractivity contribution in [1.82, 2.24) is 19.8 Å². The van der Waals surface area contributed by atoms with Gasteiger partial charge in [0, 0.05) is 18.6 Å². The number of nitro groups is 1. The van der Waals surface area contributed by atoms with E-state index in [-0.39, 0.29) is 11.4 Å². The van der Waals surface area contributed by atoms with E-state index in [0.717, 1.165) is 24.2 Å². The van der Waals surface area contributed by atoms with Gasteiger partial charge in [-0.15, -0.1) is 0 Å². The number of aromatic nitrogens is 4. The summed E-state index contributed by atoms with van der Waals surface area (Å²) in [6.45, 7) is 1.73. The molecule has 8 heteroatoms. The van der Waals surface area contributed by atoms with Gasteiger partial charge in [0.2, 0.25) is 0 Å². The van der Waals surface area contributed by atoms with Crippen molar-refractivity contribution in [3.05, 3.63) is 51.5 Å². The number of aromatic amines is 1. The number of nitrogens with one attached hydrogen (secondary N) is 1. The standard InChI is InChI=1S/C14H15N5O3/c1-9-13(20)14-16-15-12(18(14)17-9)4-2-3-10-5-7-11(8-6-10)19(21)22/h5-8,16,20H,2-4H2,1H3. The van der Waals surface area contributed by atoms with E-state index < -0.39 is 4.92 Å². The van der Waals surface area contributed by atoms with Crippen LogP contribution >= 0.6 is 0 Å². The third-order valence-electron chi connectivity index (χ3n) is 3.58. The van der Waals surface area contributed by atoms with E-state index in [2.05, 4.69) is 15.3 Å². The van der Waals surface area contributed by atoms with E-state index in [1.54, 1.807) is 23.6 Å². The smallest absolute Gasteiger partial charge is 0.269 e. The summed E-state index contributed by atoms with van der Waals surface area (Å²) in [4.78, 5) is 10.2. The molecule has 0 spiro atoms. The lowest BCUT2D eigenvalue weighted by atomic mass is 10.1. The zero-order chi connectivity index (χ0) is 15.7. The van der Waals surface area contributed by atoms with E-state index >= 15 is 0 Å². The van der Waals surface area contributed by atoms with E-state index in [1.807, 2.05) is 0 Å². The van der Waals surface area contributed by atoms with Gasteiger partial charge in [-0.05, 0) is 25.3 Å². The molecule has 0 aliphatic carbocycles. The van der Waals surface area contributed by atoms with Crippen LogP contribution in [0.25, 0.3) is 5.65 Å². The molecule has 0 aliphatic rings. The monoisotopic (exact) mass is 301 g/mol. The maximum atomic E-state index is 10.6. The van der Waals surface area contributed by atoms with E-state index in [0.29, 0.717) is 17.8 Å². The van der Waals surface area contributed by atoms with Crippen molar-refractivity contribution in [3.8, 4) is 5.75 Å². The molecule has 3 aromatic rings. The number of nitro benzene ring substituents is 1. The van der Waals surface area contributed by atoms with Gasteiger partial charge in [0.25, 0.3) is 5.69 Å². The van der Waals surface area contributed by atoms with Crippen LogP contribution in [0, 0.1) is 17.0 Å². The highest BCUT2D eigenvalue weighted by Crippen LogP contribution is 2.21. The van der Waals surface area contributed by atoms with Gasteiger partial charge in [0.05, 0.1) is 4.92 Å². The molecule has 2 N–H and O–H groups in total. The lowest BCUT2D eigenvalue weighted by molar-refractivity contribution is -0.384. The number of H-pyrrole nitrogens is 1. The molecule has 2 aromatic heterocycles. The predicted molar refractivity (Wildman–Crippen MR) is 78.9 cm³/mol. The lowest BCUT2D eigenvalue weighted by Crippen LogP contribution is -1.98. The number of hydrogen-bond donors (Lipinski definition) is 2. The first-order chi connectivity index (χ1) is 10.6. The van der Waals surface area contributed by atoms with Crippen LogP contribution in [0.3, 0.4) is 0 Å². The Hall–Kier alpha value is -2.90. The third kappa shape index (κ3) is 2.50. The molecule has 8 nitrogen and oxygen atoms in total. The second-order valence-electron chi connectivity index (χ2n) is 5.11. The van der Waals surface area contributed by atoms with E-state index in [9.17, 15) is 15.2 Å². The number of benzene rings is 1. The van der Waals surface area contributed by atoms with Crippen molar-refractivity contribution >= 4 is 11.3 Å². The highest BCUT2D eigenvalue weighted by atomic mass is 16.6. The number of non-ortho nitro benzene ring substituents is 1. The summed E-state index contributed by atoms with van der Waals surface area (Å²) in [6, 6.07) is 6.55. The average molecular weight is 301 g/mol. The minimum absolute atomic E-state index is 0.0975. The Morgan fingerprint density at radius 3 is 2.73 bits per heavy atom. The Bertz CT molecular complexity index is 819. The van der Waals surface area contributed by atoms with Gasteiger partial charge in [-0.2, -0.15) is 14.7 Å². The van der Waals surface area contributed by atoms with Crippen molar-refractivity contribution in [3.63, 3.8) is 0 Å². The highest BCUT2D eigenvalue weighted by Gasteiger charge is 2.13. The summed E-state index contributed by atoms with van der Waals surface area (Å²) in [5.41, 5.74) is 2.20. The van der Waals surface area contributed by atoms with Crippen molar-refractivity contribution in [1.29, 1.82) is 0 Å². The van der Waals surface area contributed by atoms with Gasteiger partial charge in [-0.1, -0.05) is 12.1 Å². The van der Waals surface area contributed by atoms with Crippen LogP contribution in [0.4, 0.5) is 5.69 Å². The normalized spacial score (nSPS) is 11.1. The average Bonchev–Trinajstić information content (AvgIpc) is 3.01. The van der Waals surface area contributed by atoms with Crippen LogP contribution in [-0.4, -0.2) is 29.8 Å². The first-order valence-corrected chi connectivity index (χ1v) is 6.91. The van der Waals surface area contributed by atoms with E-state index in [4.69, 9.17) is 0 Å². The number of fused-ring (bicyclic) bond motifs is 1. The minimum atomic E-state index is -0.406. The Labute approximate surface area is 125 Å². The maximum Gasteiger partial charge on any atom is 0.269 e. The Morgan fingerprint density at radius 2 is 2.05 bits per heavy atom. The van der Waals surface area contributed by atoms with Crippen molar-refractivity contribution in [2.75, 3.05) is 0 Å². The summed E-state index contributed by atoms with van der Waals surface area (Å²) in [6.07, 6.45) is 2.31. The molecule has 0 aliphatic heterocycles. The molecular weight excluding hydrogens is 286 g/mol. The molecular formula is C14H15N5O3. The SMILES string of the molecule is Cc1nn2c(CCCc3ccc([N+](=O)[O-])cc3)n[nH]c2c1O. The molecule has 0 radical (unpaired) electrons. The Morgan fingerprint density at radius 1 is 1.32 bits per heavy atom. The van der Waals surface area contributed by atoms with Gasteiger partial charge in [-0.3, -0.25) is 15.2 Å². The van der Waals surface area contributed by atoms with Crippen LogP contribution < -0.4 is 0 Å². The van der Waals surface area contributed by atoms with Gasteiger partial charge in [0.1, 0.15) is 5.69 Å². The number of aromatic hydroxyl groups is 1. The third-order valence-corrected chi connectivity index (χ3v) is 3.58. The predicted octanol–water partition coefficient (Wildman–Crippen LogP) is 2.15. The number of rotatable bonds is 5. The molecule has 22 heavy (non-hydrogen) atoms. The molecule has 0 saturated heterocycles. The van der Waals surface area contributed by atoms with E-state index in [1.165, 1.54) is 12.1 Å². The topological polar surface area (TPSA) is 109 Å². The fourth-order valence-electron chi connectivity index (χ4n) is 2.37. The number of nitrogens with zero attached hydrogens (tertiary/aromatic N) is 4. The largest absolute Gasteiger partial charge is 0.503 e. The molecule has 114 valence electrons. The fraction of sp³-hybridized carbons (Fsp3) is 0.286. The van der Waals surface area contributed by atoms with Crippen LogP contribution in [0.2, 0.25) is 0 Å². The minimum Gasteiger partial charge on any atom is -0.503 e. The van der Waals surface area contributed by atoms with Crippen molar-refractivity contribution in [2.45, 2.75) is 26.2 Å².